The van der Waals surface area contributed by atoms with Crippen molar-refractivity contribution in [3.63, 3.8) is 0 Å². The van der Waals surface area contributed by atoms with Crippen LogP contribution in [0.25, 0.3) is 0 Å². The molecule has 0 fully saturated rings. The second kappa shape index (κ2) is 6.03. The van der Waals surface area contributed by atoms with E-state index in [1.54, 1.807) is 23.3 Å². The first-order valence-corrected chi connectivity index (χ1v) is 7.77. The fourth-order valence-corrected chi connectivity index (χ4v) is 3.22. The molecule has 19 heavy (non-hydrogen) atoms. The molecular formula is C13H17ClN2O2S. The minimum atomic E-state index is -1.15. The molecule has 1 aromatic rings. The third-order valence-electron chi connectivity index (χ3n) is 3.12. The van der Waals surface area contributed by atoms with Crippen molar-refractivity contribution in [3.8, 4) is 0 Å². The zero-order chi connectivity index (χ0) is 14.0. The molecule has 0 bridgehead atoms. The Labute approximate surface area is 120 Å². The van der Waals surface area contributed by atoms with Gasteiger partial charge in [-0.1, -0.05) is 0 Å². The van der Waals surface area contributed by atoms with E-state index in [0.29, 0.717) is 6.54 Å². The van der Waals surface area contributed by atoms with E-state index in [1.165, 1.54) is 0 Å². The van der Waals surface area contributed by atoms with E-state index in [9.17, 15) is 9.00 Å². The molecule has 1 amide bonds. The molecule has 1 aromatic carbocycles. The van der Waals surface area contributed by atoms with Crippen molar-refractivity contribution in [2.45, 2.75) is 17.7 Å². The van der Waals surface area contributed by atoms with Gasteiger partial charge in [-0.3, -0.25) is 4.79 Å². The van der Waals surface area contributed by atoms with Gasteiger partial charge in [0.25, 0.3) is 0 Å². The summed E-state index contributed by atoms with van der Waals surface area (Å²) < 4.78 is 13.7. The van der Waals surface area contributed by atoms with Crippen LogP contribution in [-0.2, 0) is 22.2 Å². The molecule has 0 saturated carbocycles. The van der Waals surface area contributed by atoms with Gasteiger partial charge < -0.3 is 4.90 Å². The molecule has 104 valence electrons. The highest BCUT2D eigenvalue weighted by molar-refractivity contribution is 7.82. The highest BCUT2D eigenvalue weighted by Gasteiger charge is 2.22. The normalized spacial score (nSPS) is 16.3. The minimum absolute atomic E-state index is 0.00911. The predicted octanol–water partition coefficient (Wildman–Crippen LogP) is 1.79. The van der Waals surface area contributed by atoms with Crippen molar-refractivity contribution in [1.29, 1.82) is 0 Å². The van der Waals surface area contributed by atoms with Crippen LogP contribution in [0.5, 0.6) is 0 Å². The van der Waals surface area contributed by atoms with Gasteiger partial charge in [0.05, 0.1) is 4.90 Å². The van der Waals surface area contributed by atoms with Gasteiger partial charge in [-0.15, -0.1) is 11.6 Å². The third-order valence-corrected chi connectivity index (χ3v) is 4.67. The number of nitrogens with zero attached hydrogens (tertiary/aromatic N) is 2. The molecule has 0 N–H and O–H groups in total. The Bertz CT molecular complexity index is 519. The van der Waals surface area contributed by atoms with Gasteiger partial charge in [0, 0.05) is 12.2 Å². The van der Waals surface area contributed by atoms with E-state index in [0.717, 1.165) is 29.0 Å². The number of rotatable bonds is 3. The standard InChI is InChI=1S/C13H17ClN2O2S/c1-15(2)19(18)11-5-6-12-10(8-11)4-3-7-16(12)13(17)9-14/h5-6,8H,3-4,7,9H2,1-2H3. The summed E-state index contributed by atoms with van der Waals surface area (Å²) in [4.78, 5) is 14.3. The maximum atomic E-state index is 12.0. The van der Waals surface area contributed by atoms with Crippen LogP contribution in [-0.4, -0.2) is 40.9 Å². The van der Waals surface area contributed by atoms with Crippen molar-refractivity contribution in [3.05, 3.63) is 23.8 Å². The summed E-state index contributed by atoms with van der Waals surface area (Å²) in [6.45, 7) is 0.703. The third kappa shape index (κ3) is 2.99. The predicted molar refractivity (Wildman–Crippen MR) is 77.9 cm³/mol. The molecule has 0 aromatic heterocycles. The monoisotopic (exact) mass is 300 g/mol. The lowest BCUT2D eigenvalue weighted by molar-refractivity contribution is -0.116. The van der Waals surface area contributed by atoms with E-state index >= 15 is 0 Å². The molecule has 6 heteroatoms. The molecule has 1 aliphatic rings. The van der Waals surface area contributed by atoms with Crippen LogP contribution in [0.2, 0.25) is 0 Å². The molecule has 4 nitrogen and oxygen atoms in total. The zero-order valence-electron chi connectivity index (χ0n) is 11.1. The maximum absolute atomic E-state index is 12.0. The van der Waals surface area contributed by atoms with Crippen LogP contribution in [0, 0.1) is 0 Å². The average molecular weight is 301 g/mol. The first-order chi connectivity index (χ1) is 9.04. The Morgan fingerprint density at radius 3 is 2.84 bits per heavy atom. The summed E-state index contributed by atoms with van der Waals surface area (Å²) in [6, 6.07) is 5.61. The van der Waals surface area contributed by atoms with Crippen molar-refractivity contribution in [2.75, 3.05) is 31.4 Å². The van der Waals surface area contributed by atoms with Crippen molar-refractivity contribution in [1.82, 2.24) is 4.31 Å². The SMILES string of the molecule is CN(C)S(=O)c1ccc2c(c1)CCCN2C(=O)CCl. The number of hydrogen-bond acceptors (Lipinski definition) is 2. The largest absolute Gasteiger partial charge is 0.311 e. The topological polar surface area (TPSA) is 40.6 Å². The van der Waals surface area contributed by atoms with Gasteiger partial charge in [0.15, 0.2) is 0 Å². The molecule has 1 unspecified atom stereocenters. The first kappa shape index (κ1) is 14.5. The van der Waals surface area contributed by atoms with Crippen molar-refractivity contribution < 1.29 is 9.00 Å². The Kier molecular flexibility index (Phi) is 4.60. The number of benzene rings is 1. The Morgan fingerprint density at radius 2 is 2.21 bits per heavy atom. The van der Waals surface area contributed by atoms with Gasteiger partial charge in [-0.05, 0) is 50.7 Å². The number of carbonyl (C=O) groups is 1. The highest BCUT2D eigenvalue weighted by atomic mass is 35.5. The fraction of sp³-hybridized carbons (Fsp3) is 0.462. The van der Waals surface area contributed by atoms with Gasteiger partial charge in [0.2, 0.25) is 5.91 Å². The van der Waals surface area contributed by atoms with E-state index in [1.807, 2.05) is 18.2 Å². The molecule has 0 spiro atoms. The van der Waals surface area contributed by atoms with Crippen LogP contribution >= 0.6 is 11.6 Å². The summed E-state index contributed by atoms with van der Waals surface area (Å²) in [6.07, 6.45) is 1.81. The lowest BCUT2D eigenvalue weighted by Crippen LogP contribution is -2.36. The smallest absolute Gasteiger partial charge is 0.241 e. The van der Waals surface area contributed by atoms with Gasteiger partial charge in [-0.25, -0.2) is 8.51 Å². The van der Waals surface area contributed by atoms with E-state index in [2.05, 4.69) is 0 Å². The van der Waals surface area contributed by atoms with Crippen molar-refractivity contribution in [2.24, 2.45) is 0 Å². The average Bonchev–Trinajstić information content (AvgIpc) is 2.44. The second-order valence-corrected chi connectivity index (χ2v) is 6.60. The molecule has 1 heterocycles. The summed E-state index contributed by atoms with van der Waals surface area (Å²) >= 11 is 5.63. The van der Waals surface area contributed by atoms with Crippen LogP contribution in [0.4, 0.5) is 5.69 Å². The minimum Gasteiger partial charge on any atom is -0.311 e. The molecule has 2 rings (SSSR count). The number of aryl methyl sites for hydroxylation is 1. The summed E-state index contributed by atoms with van der Waals surface area (Å²) in [7, 11) is 2.40. The lowest BCUT2D eigenvalue weighted by Gasteiger charge is -2.29. The quantitative estimate of drug-likeness (QED) is 0.799. The summed E-state index contributed by atoms with van der Waals surface area (Å²) in [5.74, 6) is -0.0886. The molecule has 0 aliphatic carbocycles. The zero-order valence-corrected chi connectivity index (χ0v) is 12.6. The summed E-state index contributed by atoms with van der Waals surface area (Å²) in [5, 5.41) is 0. The second-order valence-electron chi connectivity index (χ2n) is 4.63. The van der Waals surface area contributed by atoms with Crippen LogP contribution in [0.1, 0.15) is 12.0 Å². The van der Waals surface area contributed by atoms with E-state index in [-0.39, 0.29) is 11.8 Å². The number of alkyl halides is 1. The van der Waals surface area contributed by atoms with Crippen LogP contribution < -0.4 is 4.90 Å². The number of halogens is 1. The van der Waals surface area contributed by atoms with Gasteiger partial charge >= 0.3 is 0 Å². The number of amides is 1. The number of fused-ring (bicyclic) bond motifs is 1. The van der Waals surface area contributed by atoms with E-state index in [4.69, 9.17) is 11.6 Å². The lowest BCUT2D eigenvalue weighted by atomic mass is 10.0. The van der Waals surface area contributed by atoms with Crippen molar-refractivity contribution >= 4 is 34.2 Å². The molecule has 1 atom stereocenters. The molecular weight excluding hydrogens is 284 g/mol. The molecule has 0 saturated heterocycles. The van der Waals surface area contributed by atoms with Gasteiger partial charge in [-0.2, -0.15) is 0 Å². The maximum Gasteiger partial charge on any atom is 0.241 e. The summed E-state index contributed by atoms with van der Waals surface area (Å²) in [5.41, 5.74) is 1.97. The molecule has 0 radical (unpaired) electrons. The Balaban J connectivity index is 2.36. The van der Waals surface area contributed by atoms with Crippen LogP contribution in [0.15, 0.2) is 23.1 Å². The first-order valence-electron chi connectivity index (χ1n) is 6.13. The number of anilines is 1. The fourth-order valence-electron chi connectivity index (χ4n) is 2.22. The highest BCUT2D eigenvalue weighted by Crippen LogP contribution is 2.29. The number of hydrogen-bond donors (Lipinski definition) is 0. The molecule has 1 aliphatic heterocycles. The Hall–Kier alpha value is -0.910. The number of carbonyl (C=O) groups excluding carboxylic acids is 1. The van der Waals surface area contributed by atoms with Gasteiger partial charge in [0.1, 0.15) is 16.9 Å². The van der Waals surface area contributed by atoms with Crippen LogP contribution in [0.3, 0.4) is 0 Å². The van der Waals surface area contributed by atoms with E-state index < -0.39 is 11.0 Å². The Morgan fingerprint density at radius 1 is 1.47 bits per heavy atom.